The van der Waals surface area contributed by atoms with Crippen molar-refractivity contribution in [2.24, 2.45) is 0 Å². The second kappa shape index (κ2) is 7.01. The number of rotatable bonds is 5. The molecule has 0 saturated carbocycles. The van der Waals surface area contributed by atoms with E-state index in [9.17, 15) is 10.4 Å². The van der Waals surface area contributed by atoms with Crippen molar-refractivity contribution < 1.29 is 9.84 Å². The van der Waals surface area contributed by atoms with E-state index >= 15 is 0 Å². The van der Waals surface area contributed by atoms with Gasteiger partial charge in [-0.25, -0.2) is 4.52 Å². The maximum Gasteiger partial charge on any atom is 0.138 e. The number of hydrogen-bond donors (Lipinski definition) is 2. The Balaban J connectivity index is 1.50. The van der Waals surface area contributed by atoms with Crippen molar-refractivity contribution in [2.75, 3.05) is 24.6 Å². The lowest BCUT2D eigenvalue weighted by Gasteiger charge is -2.49. The van der Waals surface area contributed by atoms with Crippen LogP contribution in [0.4, 0.5) is 5.69 Å². The molecule has 154 valence electrons. The minimum absolute atomic E-state index is 0.161. The summed E-state index contributed by atoms with van der Waals surface area (Å²) in [7, 11) is 0. The molecule has 7 heteroatoms. The molecule has 7 nitrogen and oxygen atoms in total. The van der Waals surface area contributed by atoms with E-state index in [-0.39, 0.29) is 6.61 Å². The van der Waals surface area contributed by atoms with Gasteiger partial charge >= 0.3 is 0 Å². The van der Waals surface area contributed by atoms with E-state index in [1.165, 1.54) is 12.1 Å². The first-order valence-electron chi connectivity index (χ1n) is 10.3. The highest BCUT2D eigenvalue weighted by Gasteiger charge is 2.36. The zero-order valence-electron chi connectivity index (χ0n) is 17.2. The maximum absolute atomic E-state index is 10.00. The van der Waals surface area contributed by atoms with Crippen molar-refractivity contribution in [3.8, 4) is 22.9 Å². The first-order chi connectivity index (χ1) is 14.4. The lowest BCUT2D eigenvalue weighted by atomic mass is 9.91. The van der Waals surface area contributed by atoms with Gasteiger partial charge in [0.1, 0.15) is 18.4 Å². The fraction of sp³-hybridized carbons (Fsp3) is 0.391. The molecule has 0 aliphatic carbocycles. The Labute approximate surface area is 175 Å². The molecule has 5 heterocycles. The van der Waals surface area contributed by atoms with Crippen LogP contribution in [0.25, 0.3) is 16.6 Å². The molecule has 2 atom stereocenters. The van der Waals surface area contributed by atoms with Gasteiger partial charge in [0, 0.05) is 36.4 Å². The molecule has 3 fully saturated rings. The molecular weight excluding hydrogens is 378 g/mol. The molecule has 2 aromatic heterocycles. The molecular formula is C23H25N5O2. The average molecular weight is 403 g/mol. The Morgan fingerprint density at radius 1 is 1.27 bits per heavy atom. The molecule has 2 bridgehead atoms. The molecule has 3 aliphatic heterocycles. The highest BCUT2D eigenvalue weighted by molar-refractivity contribution is 5.85. The van der Waals surface area contributed by atoms with Gasteiger partial charge in [-0.15, -0.1) is 0 Å². The summed E-state index contributed by atoms with van der Waals surface area (Å²) >= 11 is 0. The van der Waals surface area contributed by atoms with E-state index in [0.717, 1.165) is 29.7 Å². The summed E-state index contributed by atoms with van der Waals surface area (Å²) in [6.07, 6.45) is 4.59. The number of piperidine rings is 1. The summed E-state index contributed by atoms with van der Waals surface area (Å²) in [5, 5.41) is 27.4. The fourth-order valence-electron chi connectivity index (χ4n) is 4.31. The smallest absolute Gasteiger partial charge is 0.138 e. The third-order valence-electron chi connectivity index (χ3n) is 5.76. The summed E-state index contributed by atoms with van der Waals surface area (Å²) in [5.74, 6) is 0.596. The number of aliphatic hydroxyl groups is 1. The number of hydrogen-bond acceptors (Lipinski definition) is 6. The number of piperazine rings is 1. The van der Waals surface area contributed by atoms with Crippen molar-refractivity contribution in [3.05, 3.63) is 48.3 Å². The largest absolute Gasteiger partial charge is 0.489 e. The summed E-state index contributed by atoms with van der Waals surface area (Å²) in [6.45, 7) is 5.65. The summed E-state index contributed by atoms with van der Waals surface area (Å²) in [6, 6.07) is 13.8. The van der Waals surface area contributed by atoms with Gasteiger partial charge in [0.15, 0.2) is 0 Å². The Kier molecular flexibility index (Phi) is 4.42. The predicted molar refractivity (Wildman–Crippen MR) is 115 cm³/mol. The number of fused-ring (bicyclic) bond motifs is 3. The van der Waals surface area contributed by atoms with Gasteiger partial charge in [0.05, 0.1) is 29.1 Å². The number of nitrogens with one attached hydrogen (secondary N) is 1. The third kappa shape index (κ3) is 3.49. The van der Waals surface area contributed by atoms with Gasteiger partial charge in [0.2, 0.25) is 0 Å². The molecule has 3 saturated heterocycles. The van der Waals surface area contributed by atoms with Gasteiger partial charge in [-0.05, 0) is 44.0 Å². The SMILES string of the molecule is CC(C)(O)COc1cc(-c2ccc(N3CC4CC(C3)N4)cc2)c2c(C#N)cnn2c1. The topological polar surface area (TPSA) is 85.8 Å². The second-order valence-corrected chi connectivity index (χ2v) is 8.90. The van der Waals surface area contributed by atoms with Gasteiger partial charge < -0.3 is 20.1 Å². The summed E-state index contributed by atoms with van der Waals surface area (Å²) in [4.78, 5) is 2.43. The number of ether oxygens (including phenoxy) is 1. The zero-order valence-corrected chi connectivity index (χ0v) is 17.2. The molecule has 6 rings (SSSR count). The van der Waals surface area contributed by atoms with E-state index in [4.69, 9.17) is 4.74 Å². The van der Waals surface area contributed by atoms with Crippen LogP contribution in [0.1, 0.15) is 25.8 Å². The molecule has 1 aromatic carbocycles. The van der Waals surface area contributed by atoms with Crippen LogP contribution >= 0.6 is 0 Å². The van der Waals surface area contributed by atoms with Crippen LogP contribution in [0, 0.1) is 11.3 Å². The average Bonchev–Trinajstić information content (AvgIpc) is 3.14. The Morgan fingerprint density at radius 2 is 1.97 bits per heavy atom. The van der Waals surface area contributed by atoms with Crippen molar-refractivity contribution in [2.45, 2.75) is 38.0 Å². The molecule has 3 aliphatic rings. The number of aromatic nitrogens is 2. The van der Waals surface area contributed by atoms with Crippen LogP contribution in [0.5, 0.6) is 5.75 Å². The van der Waals surface area contributed by atoms with Crippen LogP contribution in [0.2, 0.25) is 0 Å². The molecule has 0 amide bonds. The monoisotopic (exact) mass is 403 g/mol. The number of nitriles is 1. The first kappa shape index (κ1) is 18.9. The standard InChI is InChI=1S/C23H25N5O2/c1-23(2,29)14-30-20-8-21(22-16(9-24)10-25-28(22)13-20)15-3-5-19(6-4-15)27-11-17-7-18(12-27)26-17/h3-6,8,10,13,17-18,26,29H,7,11-12,14H2,1-2H3. The minimum atomic E-state index is -0.942. The van der Waals surface area contributed by atoms with E-state index in [0.29, 0.717) is 23.4 Å². The number of benzene rings is 1. The van der Waals surface area contributed by atoms with Gasteiger partial charge in [-0.3, -0.25) is 0 Å². The molecule has 2 unspecified atom stereocenters. The van der Waals surface area contributed by atoms with Crippen LogP contribution < -0.4 is 15.0 Å². The number of pyridine rings is 1. The van der Waals surface area contributed by atoms with Crippen LogP contribution in [-0.2, 0) is 0 Å². The highest BCUT2D eigenvalue weighted by atomic mass is 16.5. The lowest BCUT2D eigenvalue weighted by Crippen LogP contribution is -2.67. The maximum atomic E-state index is 10.00. The van der Waals surface area contributed by atoms with Crippen molar-refractivity contribution in [1.29, 1.82) is 5.26 Å². The quantitative estimate of drug-likeness (QED) is 0.681. The van der Waals surface area contributed by atoms with Crippen molar-refractivity contribution in [1.82, 2.24) is 14.9 Å². The Bertz CT molecular complexity index is 1110. The Hall–Kier alpha value is -3.08. The Morgan fingerprint density at radius 3 is 2.60 bits per heavy atom. The molecule has 0 spiro atoms. The van der Waals surface area contributed by atoms with E-state index in [1.807, 2.05) is 6.07 Å². The van der Waals surface area contributed by atoms with E-state index in [2.05, 4.69) is 45.7 Å². The minimum Gasteiger partial charge on any atom is -0.489 e. The first-order valence-corrected chi connectivity index (χ1v) is 10.3. The van der Waals surface area contributed by atoms with Crippen LogP contribution in [-0.4, -0.2) is 52.1 Å². The van der Waals surface area contributed by atoms with Gasteiger partial charge in [-0.1, -0.05) is 12.1 Å². The normalized spacial score (nSPS) is 20.7. The van der Waals surface area contributed by atoms with Gasteiger partial charge in [0.25, 0.3) is 0 Å². The predicted octanol–water partition coefficient (Wildman–Crippen LogP) is 2.57. The molecule has 3 aromatic rings. The van der Waals surface area contributed by atoms with Crippen LogP contribution in [0.3, 0.4) is 0 Å². The summed E-state index contributed by atoms with van der Waals surface area (Å²) < 4.78 is 7.48. The number of nitrogens with zero attached hydrogens (tertiary/aromatic N) is 4. The number of anilines is 1. The van der Waals surface area contributed by atoms with Crippen LogP contribution in [0.15, 0.2) is 42.7 Å². The lowest BCUT2D eigenvalue weighted by molar-refractivity contribution is 0.0283. The third-order valence-corrected chi connectivity index (χ3v) is 5.76. The molecule has 0 radical (unpaired) electrons. The fourth-order valence-corrected chi connectivity index (χ4v) is 4.31. The van der Waals surface area contributed by atoms with E-state index in [1.54, 1.807) is 30.8 Å². The highest BCUT2D eigenvalue weighted by Crippen LogP contribution is 2.33. The van der Waals surface area contributed by atoms with Gasteiger partial charge in [-0.2, -0.15) is 10.4 Å². The van der Waals surface area contributed by atoms with E-state index < -0.39 is 5.60 Å². The van der Waals surface area contributed by atoms with Crippen molar-refractivity contribution in [3.63, 3.8) is 0 Å². The second-order valence-electron chi connectivity index (χ2n) is 8.90. The molecule has 2 N–H and O–H groups in total. The van der Waals surface area contributed by atoms with Crippen molar-refractivity contribution >= 4 is 11.2 Å². The zero-order chi connectivity index (χ0) is 20.9. The summed E-state index contributed by atoms with van der Waals surface area (Å²) in [5.41, 5.74) is 3.42. The molecule has 30 heavy (non-hydrogen) atoms.